The van der Waals surface area contributed by atoms with Gasteiger partial charge in [0.15, 0.2) is 5.78 Å². The third kappa shape index (κ3) is 3.57. The van der Waals surface area contributed by atoms with Crippen LogP contribution in [-0.2, 0) is 4.79 Å². The van der Waals surface area contributed by atoms with Crippen LogP contribution in [0, 0.1) is 0 Å². The monoisotopic (exact) mass is 389 g/mol. The van der Waals surface area contributed by atoms with E-state index < -0.39 is 0 Å². The number of nitrogens with zero attached hydrogens (tertiary/aromatic N) is 3. The summed E-state index contributed by atoms with van der Waals surface area (Å²) in [5.74, 6) is -0.418. The van der Waals surface area contributed by atoms with Crippen LogP contribution < -0.4 is 4.90 Å². The lowest BCUT2D eigenvalue weighted by molar-refractivity contribution is -0.117. The van der Waals surface area contributed by atoms with Crippen molar-refractivity contribution in [3.05, 3.63) is 94.8 Å². The van der Waals surface area contributed by atoms with Gasteiger partial charge in [0.25, 0.3) is 0 Å². The molecule has 2 aromatic carbocycles. The Balaban J connectivity index is 1.77. The first-order valence-electron chi connectivity index (χ1n) is 8.79. The molecular formula is C22H16ClN3O2. The SMILES string of the molecule is O=C(CN1C(=O)CN=C(c2ccccc2)c2nc(Cl)ccc21)c1ccccc1. The van der Waals surface area contributed by atoms with Gasteiger partial charge in [-0.2, -0.15) is 0 Å². The number of rotatable bonds is 4. The summed E-state index contributed by atoms with van der Waals surface area (Å²) in [6, 6.07) is 21.7. The van der Waals surface area contributed by atoms with E-state index in [2.05, 4.69) is 9.98 Å². The predicted octanol–water partition coefficient (Wildman–Crippen LogP) is 3.80. The van der Waals surface area contributed by atoms with E-state index >= 15 is 0 Å². The summed E-state index contributed by atoms with van der Waals surface area (Å²) in [6.45, 7) is -0.156. The second-order valence-electron chi connectivity index (χ2n) is 6.30. The minimum atomic E-state index is -0.263. The van der Waals surface area contributed by atoms with Crippen LogP contribution in [-0.4, -0.2) is 35.5 Å². The zero-order valence-electron chi connectivity index (χ0n) is 14.9. The van der Waals surface area contributed by atoms with Crippen molar-refractivity contribution in [2.24, 2.45) is 4.99 Å². The molecule has 0 atom stereocenters. The Hall–Kier alpha value is -3.31. The molecule has 1 aliphatic rings. The molecule has 0 unspecified atom stereocenters. The Kier molecular flexibility index (Phi) is 5.00. The zero-order chi connectivity index (χ0) is 19.5. The largest absolute Gasteiger partial charge is 0.301 e. The number of aromatic nitrogens is 1. The van der Waals surface area contributed by atoms with Crippen LogP contribution in [0.1, 0.15) is 21.6 Å². The molecule has 1 aromatic heterocycles. The molecule has 0 bridgehead atoms. The van der Waals surface area contributed by atoms with E-state index in [1.807, 2.05) is 36.4 Å². The Morgan fingerprint density at radius 2 is 1.64 bits per heavy atom. The van der Waals surface area contributed by atoms with Crippen LogP contribution in [0.2, 0.25) is 5.15 Å². The number of anilines is 1. The van der Waals surface area contributed by atoms with Crippen LogP contribution in [0.3, 0.4) is 0 Å². The fourth-order valence-electron chi connectivity index (χ4n) is 3.12. The molecule has 1 amide bonds. The van der Waals surface area contributed by atoms with Crippen molar-refractivity contribution in [2.45, 2.75) is 0 Å². The number of halogens is 1. The van der Waals surface area contributed by atoms with Crippen molar-refractivity contribution in [1.82, 2.24) is 4.98 Å². The number of carbonyl (C=O) groups excluding carboxylic acids is 2. The van der Waals surface area contributed by atoms with E-state index in [-0.39, 0.29) is 24.8 Å². The highest BCUT2D eigenvalue weighted by Gasteiger charge is 2.28. The van der Waals surface area contributed by atoms with Gasteiger partial charge in [0.2, 0.25) is 5.91 Å². The molecular weight excluding hydrogens is 374 g/mol. The van der Waals surface area contributed by atoms with Crippen LogP contribution in [0.15, 0.2) is 77.8 Å². The number of Topliss-reactive ketones (excluding diaryl/α,β-unsaturated/α-hetero) is 1. The van der Waals surface area contributed by atoms with E-state index in [0.29, 0.717) is 27.8 Å². The molecule has 2 heterocycles. The Morgan fingerprint density at radius 1 is 0.964 bits per heavy atom. The van der Waals surface area contributed by atoms with Crippen molar-refractivity contribution in [3.63, 3.8) is 0 Å². The zero-order valence-corrected chi connectivity index (χ0v) is 15.6. The minimum absolute atomic E-state index is 0.0692. The van der Waals surface area contributed by atoms with E-state index in [1.54, 1.807) is 36.4 Å². The van der Waals surface area contributed by atoms with Crippen molar-refractivity contribution >= 4 is 34.7 Å². The van der Waals surface area contributed by atoms with Crippen molar-refractivity contribution < 1.29 is 9.59 Å². The van der Waals surface area contributed by atoms with E-state index in [4.69, 9.17) is 11.6 Å². The Morgan fingerprint density at radius 3 is 2.36 bits per heavy atom. The molecule has 28 heavy (non-hydrogen) atoms. The predicted molar refractivity (Wildman–Crippen MR) is 109 cm³/mol. The summed E-state index contributed by atoms with van der Waals surface area (Å²) in [5, 5.41) is 0.297. The normalized spacial score (nSPS) is 13.5. The number of hydrogen-bond acceptors (Lipinski definition) is 4. The van der Waals surface area contributed by atoms with Gasteiger partial charge in [0.1, 0.15) is 17.4 Å². The van der Waals surface area contributed by atoms with Gasteiger partial charge in [-0.25, -0.2) is 4.98 Å². The van der Waals surface area contributed by atoms with Crippen LogP contribution in [0.4, 0.5) is 5.69 Å². The van der Waals surface area contributed by atoms with Crippen molar-refractivity contribution in [3.8, 4) is 0 Å². The van der Waals surface area contributed by atoms with Crippen LogP contribution in [0.25, 0.3) is 0 Å². The average molecular weight is 390 g/mol. The van der Waals surface area contributed by atoms with Gasteiger partial charge in [-0.15, -0.1) is 0 Å². The summed E-state index contributed by atoms with van der Waals surface area (Å²) in [5.41, 5.74) is 2.99. The highest BCUT2D eigenvalue weighted by Crippen LogP contribution is 2.27. The van der Waals surface area contributed by atoms with Gasteiger partial charge >= 0.3 is 0 Å². The molecule has 6 heteroatoms. The van der Waals surface area contributed by atoms with E-state index in [9.17, 15) is 9.59 Å². The lowest BCUT2D eigenvalue weighted by Crippen LogP contribution is -2.37. The highest BCUT2D eigenvalue weighted by molar-refractivity contribution is 6.30. The Labute approximate surface area is 167 Å². The fourth-order valence-corrected chi connectivity index (χ4v) is 3.27. The van der Waals surface area contributed by atoms with Gasteiger partial charge in [0.05, 0.1) is 17.9 Å². The number of hydrogen-bond donors (Lipinski definition) is 0. The van der Waals surface area contributed by atoms with E-state index in [0.717, 1.165) is 5.56 Å². The lowest BCUT2D eigenvalue weighted by atomic mass is 10.0. The molecule has 0 saturated heterocycles. The second-order valence-corrected chi connectivity index (χ2v) is 6.69. The van der Waals surface area contributed by atoms with E-state index in [1.165, 1.54) is 4.90 Å². The molecule has 0 aliphatic carbocycles. The first-order valence-corrected chi connectivity index (χ1v) is 9.16. The Bertz CT molecular complexity index is 1070. The maximum Gasteiger partial charge on any atom is 0.249 e. The molecule has 3 aromatic rings. The van der Waals surface area contributed by atoms with Gasteiger partial charge < -0.3 is 4.90 Å². The summed E-state index contributed by atoms with van der Waals surface area (Å²) in [7, 11) is 0. The average Bonchev–Trinajstić information content (AvgIpc) is 2.86. The standard InChI is InChI=1S/C22H16ClN3O2/c23-19-12-11-17-22(25-19)21(16-9-5-2-6-10-16)24-13-20(28)26(17)14-18(27)15-7-3-1-4-8-15/h1-12H,13-14H2. The molecule has 0 spiro atoms. The molecule has 0 saturated carbocycles. The molecule has 1 aliphatic heterocycles. The number of carbonyl (C=O) groups is 2. The number of benzene rings is 2. The topological polar surface area (TPSA) is 62.6 Å². The second kappa shape index (κ2) is 7.74. The maximum absolute atomic E-state index is 12.8. The van der Waals surface area contributed by atoms with Crippen LogP contribution in [0.5, 0.6) is 0 Å². The first-order chi connectivity index (χ1) is 13.6. The number of fused-ring (bicyclic) bond motifs is 1. The summed E-state index contributed by atoms with van der Waals surface area (Å²) in [4.78, 5) is 35.9. The maximum atomic E-state index is 12.8. The number of pyridine rings is 1. The first kappa shape index (κ1) is 18.1. The van der Waals surface area contributed by atoms with Gasteiger partial charge in [0, 0.05) is 11.1 Å². The number of ketones is 1. The highest BCUT2D eigenvalue weighted by atomic mass is 35.5. The smallest absolute Gasteiger partial charge is 0.249 e. The minimum Gasteiger partial charge on any atom is -0.301 e. The molecule has 5 nitrogen and oxygen atoms in total. The molecule has 0 radical (unpaired) electrons. The molecule has 138 valence electrons. The van der Waals surface area contributed by atoms with Crippen molar-refractivity contribution in [2.75, 3.05) is 18.0 Å². The van der Waals surface area contributed by atoms with Gasteiger partial charge in [-0.1, -0.05) is 72.3 Å². The third-order valence-corrected chi connectivity index (χ3v) is 4.68. The summed E-state index contributed by atoms with van der Waals surface area (Å²) >= 11 is 6.13. The number of aliphatic imine (C=N–C) groups is 1. The third-order valence-electron chi connectivity index (χ3n) is 4.47. The summed E-state index contributed by atoms with van der Waals surface area (Å²) in [6.07, 6.45) is 0. The quantitative estimate of drug-likeness (QED) is 0.503. The number of amides is 1. The van der Waals surface area contributed by atoms with Gasteiger partial charge in [-0.05, 0) is 12.1 Å². The lowest BCUT2D eigenvalue weighted by Gasteiger charge is -2.22. The molecule has 4 rings (SSSR count). The van der Waals surface area contributed by atoms with Crippen LogP contribution >= 0.6 is 11.6 Å². The molecule has 0 fully saturated rings. The fraction of sp³-hybridized carbons (Fsp3) is 0.0909. The van der Waals surface area contributed by atoms with Crippen molar-refractivity contribution in [1.29, 1.82) is 0 Å². The summed E-state index contributed by atoms with van der Waals surface area (Å²) < 4.78 is 0. The molecule has 0 N–H and O–H groups in total. The van der Waals surface area contributed by atoms with Gasteiger partial charge in [-0.3, -0.25) is 14.6 Å².